The number of fused-ring (bicyclic) bond motifs is 3. The van der Waals surface area contributed by atoms with Crippen LogP contribution in [0.5, 0.6) is 0 Å². The van der Waals surface area contributed by atoms with Gasteiger partial charge in [0.05, 0.1) is 0 Å². The highest BCUT2D eigenvalue weighted by Crippen LogP contribution is 2.44. The number of carboxylic acid groups (broad SMARTS) is 1. The van der Waals surface area contributed by atoms with Crippen LogP contribution in [0.25, 0.3) is 11.1 Å². The number of ether oxygens (including phenoxy) is 1. The largest absolute Gasteiger partial charge is 0.478 e. The van der Waals surface area contributed by atoms with E-state index in [-0.39, 0.29) is 37.4 Å². The monoisotopic (exact) mass is 463 g/mol. The number of aliphatic carboxylic acids is 1. The van der Waals surface area contributed by atoms with Crippen molar-refractivity contribution in [2.75, 3.05) is 27.2 Å². The lowest BCUT2D eigenvalue weighted by Crippen LogP contribution is -2.53. The number of hydrogen-bond acceptors (Lipinski definition) is 5. The molecule has 8 nitrogen and oxygen atoms in total. The molecule has 2 aliphatic rings. The first-order chi connectivity index (χ1) is 16.3. The van der Waals surface area contributed by atoms with Crippen molar-refractivity contribution in [3.05, 3.63) is 71.3 Å². The summed E-state index contributed by atoms with van der Waals surface area (Å²) in [6, 6.07) is 15.0. The number of carbonyl (C=O) groups is 3. The standard InChI is InChI=1S/C26H29N3O5/c1-29(2)14-23(24(30)27-17-12-11-16(13-17)25(31)32)28-26(33)34-15-22-20-9-5-3-7-18(20)19-8-4-6-10-21(19)22/h3-11,17,22-23H,12-15H2,1-2H3,(H,27,30)(H,28,33)(H,31,32)/t17?,23-/m0/s1. The number of likely N-dealkylation sites (N-methyl/N-ethyl adjacent to an activating group) is 1. The highest BCUT2D eigenvalue weighted by molar-refractivity contribution is 5.89. The molecule has 0 fully saturated rings. The molecule has 2 aromatic rings. The summed E-state index contributed by atoms with van der Waals surface area (Å²) in [7, 11) is 3.61. The zero-order chi connectivity index (χ0) is 24.2. The second-order valence-corrected chi connectivity index (χ2v) is 8.96. The summed E-state index contributed by atoms with van der Waals surface area (Å²) in [4.78, 5) is 38.5. The lowest BCUT2D eigenvalue weighted by atomic mass is 9.98. The predicted molar refractivity (Wildman–Crippen MR) is 127 cm³/mol. The molecule has 178 valence electrons. The maximum atomic E-state index is 12.9. The normalized spacial score (nSPS) is 17.5. The van der Waals surface area contributed by atoms with E-state index in [1.807, 2.05) is 36.4 Å². The number of hydrogen-bond donors (Lipinski definition) is 3. The van der Waals surface area contributed by atoms with Gasteiger partial charge in [0.1, 0.15) is 12.6 Å². The summed E-state index contributed by atoms with van der Waals surface area (Å²) in [6.45, 7) is 0.437. The van der Waals surface area contributed by atoms with E-state index in [4.69, 9.17) is 9.84 Å². The van der Waals surface area contributed by atoms with Gasteiger partial charge in [0.15, 0.2) is 0 Å². The number of nitrogens with zero attached hydrogens (tertiary/aromatic N) is 1. The summed E-state index contributed by atoms with van der Waals surface area (Å²) in [5, 5.41) is 14.6. The third-order valence-corrected chi connectivity index (χ3v) is 6.24. The van der Waals surface area contributed by atoms with Gasteiger partial charge in [-0.15, -0.1) is 0 Å². The molecule has 0 bridgehead atoms. The number of carboxylic acids is 1. The topological polar surface area (TPSA) is 108 Å². The maximum absolute atomic E-state index is 12.9. The Bertz CT molecular complexity index is 1080. The van der Waals surface area contributed by atoms with Crippen molar-refractivity contribution >= 4 is 18.0 Å². The van der Waals surface area contributed by atoms with Crippen molar-refractivity contribution in [1.82, 2.24) is 15.5 Å². The first-order valence-electron chi connectivity index (χ1n) is 11.3. The molecular formula is C26H29N3O5. The average molecular weight is 464 g/mol. The van der Waals surface area contributed by atoms with Gasteiger partial charge in [-0.25, -0.2) is 9.59 Å². The molecular weight excluding hydrogens is 434 g/mol. The maximum Gasteiger partial charge on any atom is 0.407 e. The molecule has 34 heavy (non-hydrogen) atoms. The molecule has 2 amide bonds. The fourth-order valence-corrected chi connectivity index (χ4v) is 4.64. The Labute approximate surface area is 198 Å². The minimum atomic E-state index is -0.974. The fourth-order valence-electron chi connectivity index (χ4n) is 4.64. The third-order valence-electron chi connectivity index (χ3n) is 6.24. The molecule has 2 atom stereocenters. The second-order valence-electron chi connectivity index (χ2n) is 8.96. The van der Waals surface area contributed by atoms with Crippen LogP contribution < -0.4 is 10.6 Å². The van der Waals surface area contributed by atoms with Gasteiger partial charge in [0, 0.05) is 24.1 Å². The lowest BCUT2D eigenvalue weighted by molar-refractivity contribution is -0.133. The smallest absolute Gasteiger partial charge is 0.407 e. The summed E-state index contributed by atoms with van der Waals surface area (Å²) < 4.78 is 5.58. The Morgan fingerprint density at radius 3 is 2.24 bits per heavy atom. The minimum absolute atomic E-state index is 0.0710. The van der Waals surface area contributed by atoms with Gasteiger partial charge >= 0.3 is 12.1 Å². The van der Waals surface area contributed by atoms with Crippen molar-refractivity contribution in [1.29, 1.82) is 0 Å². The van der Waals surface area contributed by atoms with Crippen molar-refractivity contribution in [2.24, 2.45) is 0 Å². The fraction of sp³-hybridized carbons (Fsp3) is 0.346. The zero-order valence-electron chi connectivity index (χ0n) is 19.3. The molecule has 0 heterocycles. The summed E-state index contributed by atoms with van der Waals surface area (Å²) >= 11 is 0. The van der Waals surface area contributed by atoms with Gasteiger partial charge < -0.3 is 25.4 Å². The van der Waals surface area contributed by atoms with Crippen LogP contribution in [0, 0.1) is 0 Å². The molecule has 0 saturated carbocycles. The first-order valence-corrected chi connectivity index (χ1v) is 11.3. The van der Waals surface area contributed by atoms with Gasteiger partial charge in [-0.2, -0.15) is 0 Å². The van der Waals surface area contributed by atoms with Gasteiger partial charge in [0.25, 0.3) is 0 Å². The molecule has 0 spiro atoms. The molecule has 0 aromatic heterocycles. The van der Waals surface area contributed by atoms with Crippen LogP contribution in [-0.4, -0.2) is 67.3 Å². The van der Waals surface area contributed by atoms with Crippen LogP contribution in [-0.2, 0) is 14.3 Å². The summed E-state index contributed by atoms with van der Waals surface area (Å²) in [6.07, 6.45) is 1.67. The number of benzene rings is 2. The number of alkyl carbamates (subject to hydrolysis) is 1. The zero-order valence-corrected chi connectivity index (χ0v) is 19.3. The van der Waals surface area contributed by atoms with Crippen LogP contribution in [0.2, 0.25) is 0 Å². The van der Waals surface area contributed by atoms with E-state index < -0.39 is 18.1 Å². The third kappa shape index (κ3) is 5.12. The average Bonchev–Trinajstić information content (AvgIpc) is 3.40. The Morgan fingerprint density at radius 1 is 1.06 bits per heavy atom. The van der Waals surface area contributed by atoms with Crippen molar-refractivity contribution in [3.8, 4) is 11.1 Å². The van der Waals surface area contributed by atoms with E-state index >= 15 is 0 Å². The van der Waals surface area contributed by atoms with E-state index in [0.717, 1.165) is 22.3 Å². The molecule has 2 aromatic carbocycles. The lowest BCUT2D eigenvalue weighted by Gasteiger charge is -2.24. The van der Waals surface area contributed by atoms with Crippen LogP contribution in [0.4, 0.5) is 4.79 Å². The molecule has 2 aliphatic carbocycles. The highest BCUT2D eigenvalue weighted by Gasteiger charge is 2.31. The summed E-state index contributed by atoms with van der Waals surface area (Å²) in [5.74, 6) is -1.41. The minimum Gasteiger partial charge on any atom is -0.478 e. The highest BCUT2D eigenvalue weighted by atomic mass is 16.5. The van der Waals surface area contributed by atoms with E-state index in [9.17, 15) is 14.4 Å². The van der Waals surface area contributed by atoms with Crippen molar-refractivity contribution < 1.29 is 24.2 Å². The van der Waals surface area contributed by atoms with Crippen LogP contribution in [0.1, 0.15) is 29.9 Å². The Hall–Kier alpha value is -3.65. The van der Waals surface area contributed by atoms with Gasteiger partial charge in [-0.1, -0.05) is 54.6 Å². The van der Waals surface area contributed by atoms with E-state index in [1.54, 1.807) is 25.1 Å². The molecule has 0 saturated heterocycles. The van der Waals surface area contributed by atoms with Crippen molar-refractivity contribution in [2.45, 2.75) is 30.8 Å². The Kier molecular flexibility index (Phi) is 6.98. The van der Waals surface area contributed by atoms with E-state index in [1.165, 1.54) is 0 Å². The molecule has 0 radical (unpaired) electrons. The van der Waals surface area contributed by atoms with Crippen LogP contribution in [0.15, 0.2) is 60.2 Å². The second kappa shape index (κ2) is 10.1. The number of nitrogens with one attached hydrogen (secondary N) is 2. The number of rotatable bonds is 8. The Morgan fingerprint density at radius 2 is 1.68 bits per heavy atom. The molecule has 0 aliphatic heterocycles. The van der Waals surface area contributed by atoms with Crippen molar-refractivity contribution in [3.63, 3.8) is 0 Å². The quantitative estimate of drug-likeness (QED) is 0.556. The predicted octanol–water partition coefficient (Wildman–Crippen LogP) is 2.74. The van der Waals surface area contributed by atoms with Gasteiger partial charge in [-0.3, -0.25) is 4.79 Å². The Balaban J connectivity index is 1.37. The molecule has 8 heteroatoms. The number of amides is 2. The molecule has 3 N–H and O–H groups in total. The van der Waals surface area contributed by atoms with Gasteiger partial charge in [0.2, 0.25) is 5.91 Å². The molecule has 4 rings (SSSR count). The van der Waals surface area contributed by atoms with E-state index in [0.29, 0.717) is 12.0 Å². The SMILES string of the molecule is CN(C)C[C@H](NC(=O)OCC1c2ccccc2-c2ccccc21)C(=O)NC1CC=C(C(=O)O)C1. The van der Waals surface area contributed by atoms with Gasteiger partial charge in [-0.05, 0) is 49.2 Å². The van der Waals surface area contributed by atoms with Crippen LogP contribution >= 0.6 is 0 Å². The number of carbonyl (C=O) groups excluding carboxylic acids is 2. The first kappa shape index (κ1) is 23.5. The van der Waals surface area contributed by atoms with E-state index in [2.05, 4.69) is 22.8 Å². The summed E-state index contributed by atoms with van der Waals surface area (Å²) in [5.41, 5.74) is 4.80. The molecule has 1 unspecified atom stereocenters. The van der Waals surface area contributed by atoms with Crippen LogP contribution in [0.3, 0.4) is 0 Å².